The van der Waals surface area contributed by atoms with Crippen molar-refractivity contribution >= 4 is 24.2 Å². The van der Waals surface area contributed by atoms with E-state index in [1.54, 1.807) is 40.7 Å². The van der Waals surface area contributed by atoms with E-state index >= 15 is 0 Å². The van der Waals surface area contributed by atoms with Gasteiger partial charge in [0.2, 0.25) is 0 Å². The Bertz CT molecular complexity index is 901. The number of esters is 2. The van der Waals surface area contributed by atoms with Crippen LogP contribution in [0.3, 0.4) is 0 Å². The molecule has 2 N–H and O–H groups in total. The third-order valence-corrected chi connectivity index (χ3v) is 5.31. The lowest BCUT2D eigenvalue weighted by atomic mass is 9.98. The van der Waals surface area contributed by atoms with Crippen LogP contribution < -0.4 is 15.2 Å². The molecule has 0 spiro atoms. The normalized spacial score (nSPS) is 14.1. The van der Waals surface area contributed by atoms with Gasteiger partial charge in [-0.3, -0.25) is 9.59 Å². The number of hydrogen-bond donors (Lipinski definition) is 1. The van der Waals surface area contributed by atoms with Gasteiger partial charge in [-0.2, -0.15) is 0 Å². The molecule has 0 radical (unpaired) electrons. The van der Waals surface area contributed by atoms with Crippen molar-refractivity contribution < 1.29 is 47.6 Å². The van der Waals surface area contributed by atoms with E-state index in [0.29, 0.717) is 5.56 Å². The van der Waals surface area contributed by atoms with E-state index in [1.807, 2.05) is 13.8 Å². The van der Waals surface area contributed by atoms with Crippen LogP contribution in [-0.2, 0) is 35.0 Å². The predicted molar refractivity (Wildman–Crippen MR) is 129 cm³/mol. The third-order valence-electron chi connectivity index (χ3n) is 5.31. The minimum atomic E-state index is -1.07. The van der Waals surface area contributed by atoms with E-state index < -0.39 is 36.5 Å². The van der Waals surface area contributed by atoms with Crippen LogP contribution in [-0.4, -0.2) is 55.7 Å². The highest BCUT2D eigenvalue weighted by molar-refractivity contribution is 5.76. The maximum Gasteiger partial charge on any atom is 0.513 e. The maximum absolute atomic E-state index is 12.5. The van der Waals surface area contributed by atoms with Gasteiger partial charge in [-0.25, -0.2) is 9.59 Å². The monoisotopic (exact) mass is 511 g/mol. The van der Waals surface area contributed by atoms with Gasteiger partial charge in [0.25, 0.3) is 0 Å². The van der Waals surface area contributed by atoms with Gasteiger partial charge in [0.05, 0.1) is 19.1 Å². The van der Waals surface area contributed by atoms with Gasteiger partial charge in [-0.1, -0.05) is 26.8 Å². The second kappa shape index (κ2) is 14.9. The van der Waals surface area contributed by atoms with Gasteiger partial charge in [0, 0.05) is 0 Å². The minimum Gasteiger partial charge on any atom is -0.459 e. The van der Waals surface area contributed by atoms with Gasteiger partial charge >= 0.3 is 24.2 Å². The van der Waals surface area contributed by atoms with Crippen LogP contribution in [0, 0.1) is 11.8 Å². The molecule has 0 amide bonds. The van der Waals surface area contributed by atoms with E-state index in [-0.39, 0.29) is 48.9 Å². The molecule has 0 fully saturated rings. The van der Waals surface area contributed by atoms with Crippen LogP contribution in [0.1, 0.15) is 54.0 Å². The molecular formula is C25H37NO10. The molecule has 0 saturated carbocycles. The van der Waals surface area contributed by atoms with Gasteiger partial charge in [0.15, 0.2) is 11.5 Å². The van der Waals surface area contributed by atoms with Crippen molar-refractivity contribution in [3.8, 4) is 11.5 Å². The fraction of sp³-hybridized carbons (Fsp3) is 0.600. The highest BCUT2D eigenvalue weighted by atomic mass is 16.7. The third kappa shape index (κ3) is 10.1. The van der Waals surface area contributed by atoms with Crippen LogP contribution in [0.2, 0.25) is 0 Å². The molecule has 1 aromatic rings. The Labute approximate surface area is 211 Å². The Hall–Kier alpha value is -3.34. The maximum atomic E-state index is 12.5. The fourth-order valence-electron chi connectivity index (χ4n) is 2.68. The van der Waals surface area contributed by atoms with Crippen LogP contribution in [0.25, 0.3) is 0 Å². The highest BCUT2D eigenvalue weighted by Gasteiger charge is 2.27. The molecule has 4 atom stereocenters. The number of nitrogens with two attached hydrogens (primary N) is 1. The van der Waals surface area contributed by atoms with E-state index in [4.69, 9.17) is 34.2 Å². The number of ether oxygens (including phenoxy) is 6. The van der Waals surface area contributed by atoms with Gasteiger partial charge in [-0.15, -0.1) is 0 Å². The largest absolute Gasteiger partial charge is 0.513 e. The molecule has 202 valence electrons. The zero-order valence-electron chi connectivity index (χ0n) is 21.9. The van der Waals surface area contributed by atoms with Crippen molar-refractivity contribution in [2.75, 3.05) is 13.2 Å². The second-order valence-electron chi connectivity index (χ2n) is 8.48. The van der Waals surface area contributed by atoms with Gasteiger partial charge in [-0.05, 0) is 57.7 Å². The van der Waals surface area contributed by atoms with Crippen LogP contribution in [0.5, 0.6) is 11.5 Å². The SMILES string of the molecule is CCOC(=O)Oc1ccc(C[C@H](N)C(=O)O[C@@H](C)[C@H](C)OC(=O)C(C)C(C)C)cc1OC(=O)OCC. The molecule has 0 aliphatic rings. The zero-order chi connectivity index (χ0) is 27.4. The summed E-state index contributed by atoms with van der Waals surface area (Å²) in [6.45, 7) is 12.2. The number of rotatable bonds is 12. The summed E-state index contributed by atoms with van der Waals surface area (Å²) in [4.78, 5) is 48.2. The lowest BCUT2D eigenvalue weighted by Gasteiger charge is -2.24. The summed E-state index contributed by atoms with van der Waals surface area (Å²) in [5, 5.41) is 0. The minimum absolute atomic E-state index is 0.0168. The lowest BCUT2D eigenvalue weighted by molar-refractivity contribution is -0.169. The average molecular weight is 512 g/mol. The van der Waals surface area contributed by atoms with E-state index in [1.165, 1.54) is 12.1 Å². The second-order valence-corrected chi connectivity index (χ2v) is 8.48. The van der Waals surface area contributed by atoms with Crippen LogP contribution in [0.4, 0.5) is 9.59 Å². The standard InChI is InChI=1S/C25H37NO10/c1-8-31-24(29)35-20-11-10-18(13-21(20)36-25(30)32-9-2)12-19(26)23(28)34-17(7)16(6)33-22(27)15(5)14(3)4/h10-11,13-17,19H,8-9,12,26H2,1-7H3/t15?,16-,17-,19-/m0/s1. The number of carbonyl (C=O) groups excluding carboxylic acids is 4. The Morgan fingerprint density at radius 3 is 1.78 bits per heavy atom. The molecule has 1 aromatic carbocycles. The van der Waals surface area contributed by atoms with Crippen molar-refractivity contribution in [1.29, 1.82) is 0 Å². The fourth-order valence-corrected chi connectivity index (χ4v) is 2.68. The Kier molecular flexibility index (Phi) is 12.7. The van der Waals surface area contributed by atoms with Crippen molar-refractivity contribution in [2.24, 2.45) is 17.6 Å². The molecular weight excluding hydrogens is 474 g/mol. The summed E-state index contributed by atoms with van der Waals surface area (Å²) in [7, 11) is 0. The van der Waals surface area contributed by atoms with E-state index in [9.17, 15) is 19.2 Å². The molecule has 11 nitrogen and oxygen atoms in total. The first-order valence-corrected chi connectivity index (χ1v) is 11.9. The molecule has 11 heteroatoms. The van der Waals surface area contributed by atoms with Crippen molar-refractivity contribution in [1.82, 2.24) is 0 Å². The summed E-state index contributed by atoms with van der Waals surface area (Å²) in [5.74, 6) is -1.46. The van der Waals surface area contributed by atoms with E-state index in [2.05, 4.69) is 0 Å². The summed E-state index contributed by atoms with van der Waals surface area (Å²) in [6.07, 6.45) is -3.36. The summed E-state index contributed by atoms with van der Waals surface area (Å²) in [5.41, 5.74) is 6.52. The molecule has 0 heterocycles. The highest BCUT2D eigenvalue weighted by Crippen LogP contribution is 2.30. The summed E-state index contributed by atoms with van der Waals surface area (Å²) < 4.78 is 30.5. The first-order chi connectivity index (χ1) is 16.9. The van der Waals surface area contributed by atoms with Crippen molar-refractivity contribution in [2.45, 2.75) is 73.1 Å². The Morgan fingerprint density at radius 2 is 1.28 bits per heavy atom. The molecule has 36 heavy (non-hydrogen) atoms. The topological polar surface area (TPSA) is 150 Å². The quantitative estimate of drug-likeness (QED) is 0.248. The molecule has 1 rings (SSSR count). The molecule has 1 unspecified atom stereocenters. The van der Waals surface area contributed by atoms with Crippen LogP contribution in [0.15, 0.2) is 18.2 Å². The average Bonchev–Trinajstić information content (AvgIpc) is 2.80. The Morgan fingerprint density at radius 1 is 0.778 bits per heavy atom. The Balaban J connectivity index is 2.87. The zero-order valence-corrected chi connectivity index (χ0v) is 21.9. The molecule has 0 aliphatic heterocycles. The molecule has 0 bridgehead atoms. The van der Waals surface area contributed by atoms with E-state index in [0.717, 1.165) is 0 Å². The number of benzene rings is 1. The summed E-state index contributed by atoms with van der Waals surface area (Å²) in [6, 6.07) is 3.23. The molecule has 0 aliphatic carbocycles. The first-order valence-electron chi connectivity index (χ1n) is 11.9. The first kappa shape index (κ1) is 30.7. The predicted octanol–water partition coefficient (Wildman–Crippen LogP) is 3.78. The van der Waals surface area contributed by atoms with Gasteiger partial charge < -0.3 is 34.2 Å². The smallest absolute Gasteiger partial charge is 0.459 e. The lowest BCUT2D eigenvalue weighted by Crippen LogP contribution is -2.40. The van der Waals surface area contributed by atoms with Crippen molar-refractivity contribution in [3.05, 3.63) is 23.8 Å². The van der Waals surface area contributed by atoms with Crippen molar-refractivity contribution in [3.63, 3.8) is 0 Å². The molecule has 0 aromatic heterocycles. The number of hydrogen-bond acceptors (Lipinski definition) is 11. The molecule has 0 saturated heterocycles. The summed E-state index contributed by atoms with van der Waals surface area (Å²) >= 11 is 0. The number of carbonyl (C=O) groups is 4. The van der Waals surface area contributed by atoms with Gasteiger partial charge in [0.1, 0.15) is 18.2 Å². The van der Waals surface area contributed by atoms with Crippen LogP contribution >= 0.6 is 0 Å².